The summed E-state index contributed by atoms with van der Waals surface area (Å²) in [7, 11) is 3.47. The van der Waals surface area contributed by atoms with Gasteiger partial charge in [-0.15, -0.1) is 24.0 Å². The topological polar surface area (TPSA) is 66.0 Å². The van der Waals surface area contributed by atoms with Gasteiger partial charge in [0.05, 0.1) is 7.11 Å². The van der Waals surface area contributed by atoms with Gasteiger partial charge in [0, 0.05) is 39.1 Å². The van der Waals surface area contributed by atoms with Crippen LogP contribution in [0.1, 0.15) is 44.6 Å². The standard InChI is InChI=1S/C20H32N4O2.HI/c1-5-19(25)24-13-11-17(14-24)23-20(21-3)22-12-10-15(2)16-6-8-18(26-4)9-7-16;/h6-9,15,17H,5,10-14H2,1-4H3,(H2,21,22,23);1H. The van der Waals surface area contributed by atoms with E-state index in [1.54, 1.807) is 14.2 Å². The van der Waals surface area contributed by atoms with Gasteiger partial charge >= 0.3 is 0 Å². The van der Waals surface area contributed by atoms with Crippen molar-refractivity contribution in [2.45, 2.75) is 45.1 Å². The summed E-state index contributed by atoms with van der Waals surface area (Å²) in [6.07, 6.45) is 2.55. The molecule has 152 valence electrons. The van der Waals surface area contributed by atoms with Crippen LogP contribution in [-0.4, -0.2) is 56.6 Å². The van der Waals surface area contributed by atoms with E-state index in [-0.39, 0.29) is 35.9 Å². The fourth-order valence-electron chi connectivity index (χ4n) is 3.22. The third kappa shape index (κ3) is 7.20. The molecule has 1 amide bonds. The predicted molar refractivity (Wildman–Crippen MR) is 121 cm³/mol. The first-order valence-corrected chi connectivity index (χ1v) is 9.46. The summed E-state index contributed by atoms with van der Waals surface area (Å²) in [5.74, 6) is 2.37. The molecule has 1 aliphatic rings. The minimum absolute atomic E-state index is 0. The lowest BCUT2D eigenvalue weighted by Gasteiger charge is -2.19. The number of nitrogens with zero attached hydrogens (tertiary/aromatic N) is 2. The molecule has 2 N–H and O–H groups in total. The normalized spacial score (nSPS) is 17.9. The van der Waals surface area contributed by atoms with Gasteiger partial charge < -0.3 is 20.3 Å². The zero-order valence-corrected chi connectivity index (χ0v) is 19.2. The van der Waals surface area contributed by atoms with Crippen molar-refractivity contribution in [3.63, 3.8) is 0 Å². The van der Waals surface area contributed by atoms with Gasteiger partial charge in [0.15, 0.2) is 5.96 Å². The molecule has 7 heteroatoms. The molecule has 1 aliphatic heterocycles. The van der Waals surface area contributed by atoms with Gasteiger partial charge in [0.2, 0.25) is 5.91 Å². The number of rotatable bonds is 7. The Morgan fingerprint density at radius 1 is 1.37 bits per heavy atom. The molecule has 6 nitrogen and oxygen atoms in total. The second-order valence-corrected chi connectivity index (χ2v) is 6.79. The number of carbonyl (C=O) groups excluding carboxylic acids is 1. The van der Waals surface area contributed by atoms with E-state index in [0.29, 0.717) is 12.3 Å². The van der Waals surface area contributed by atoms with Crippen LogP contribution in [0.2, 0.25) is 0 Å². The van der Waals surface area contributed by atoms with Crippen LogP contribution in [0.25, 0.3) is 0 Å². The van der Waals surface area contributed by atoms with Gasteiger partial charge in [-0.3, -0.25) is 9.79 Å². The highest BCUT2D eigenvalue weighted by Crippen LogP contribution is 2.21. The van der Waals surface area contributed by atoms with Gasteiger partial charge in [-0.1, -0.05) is 26.0 Å². The molecule has 1 aromatic carbocycles. The number of ether oxygens (including phenoxy) is 1. The Kier molecular flexibility index (Phi) is 10.5. The van der Waals surface area contributed by atoms with Crippen molar-refractivity contribution >= 4 is 35.8 Å². The maximum atomic E-state index is 11.8. The summed E-state index contributed by atoms with van der Waals surface area (Å²) in [5.41, 5.74) is 1.31. The number of hydrogen-bond donors (Lipinski definition) is 2. The van der Waals surface area contributed by atoms with Gasteiger partial charge in [0.25, 0.3) is 0 Å². The van der Waals surface area contributed by atoms with Crippen LogP contribution >= 0.6 is 24.0 Å². The van der Waals surface area contributed by atoms with Crippen LogP contribution in [-0.2, 0) is 4.79 Å². The quantitative estimate of drug-likeness (QED) is 0.352. The van der Waals surface area contributed by atoms with Crippen molar-refractivity contribution in [1.82, 2.24) is 15.5 Å². The highest BCUT2D eigenvalue weighted by molar-refractivity contribution is 14.0. The summed E-state index contributed by atoms with van der Waals surface area (Å²) >= 11 is 0. The van der Waals surface area contributed by atoms with Crippen molar-refractivity contribution in [1.29, 1.82) is 0 Å². The molecular weight excluding hydrogens is 455 g/mol. The average molecular weight is 488 g/mol. The van der Waals surface area contributed by atoms with Gasteiger partial charge in [-0.05, 0) is 36.5 Å². The van der Waals surface area contributed by atoms with Crippen LogP contribution < -0.4 is 15.4 Å². The molecule has 0 aromatic heterocycles. The molecule has 1 fully saturated rings. The van der Waals surface area contributed by atoms with Crippen LogP contribution in [0.15, 0.2) is 29.3 Å². The number of guanidine groups is 1. The molecule has 0 aliphatic carbocycles. The Morgan fingerprint density at radius 3 is 2.67 bits per heavy atom. The molecule has 0 saturated carbocycles. The van der Waals surface area contributed by atoms with Crippen LogP contribution in [0.3, 0.4) is 0 Å². The number of nitrogens with one attached hydrogen (secondary N) is 2. The third-order valence-corrected chi connectivity index (χ3v) is 4.96. The summed E-state index contributed by atoms with van der Waals surface area (Å²) in [6.45, 7) is 6.57. The molecule has 0 bridgehead atoms. The second-order valence-electron chi connectivity index (χ2n) is 6.79. The molecular formula is C20H33IN4O2. The number of likely N-dealkylation sites (tertiary alicyclic amines) is 1. The monoisotopic (exact) mass is 488 g/mol. The molecule has 2 atom stereocenters. The number of benzene rings is 1. The van der Waals surface area contributed by atoms with E-state index in [1.807, 2.05) is 24.0 Å². The maximum Gasteiger partial charge on any atom is 0.222 e. The second kappa shape index (κ2) is 12.0. The number of hydrogen-bond acceptors (Lipinski definition) is 3. The minimum atomic E-state index is 0. The fourth-order valence-corrected chi connectivity index (χ4v) is 3.22. The number of aliphatic imine (C=N–C) groups is 1. The molecule has 0 radical (unpaired) electrons. The zero-order chi connectivity index (χ0) is 18.9. The lowest BCUT2D eigenvalue weighted by Crippen LogP contribution is -2.45. The van der Waals surface area contributed by atoms with Crippen molar-refractivity contribution in [2.24, 2.45) is 4.99 Å². The Morgan fingerprint density at radius 2 is 2.07 bits per heavy atom. The highest BCUT2D eigenvalue weighted by Gasteiger charge is 2.25. The molecule has 2 unspecified atom stereocenters. The number of methoxy groups -OCH3 is 1. The van der Waals surface area contributed by atoms with Crippen molar-refractivity contribution in [3.8, 4) is 5.75 Å². The summed E-state index contributed by atoms with van der Waals surface area (Å²) in [5, 5.41) is 6.82. The van der Waals surface area contributed by atoms with Gasteiger partial charge in [-0.25, -0.2) is 0 Å². The third-order valence-electron chi connectivity index (χ3n) is 4.96. The summed E-state index contributed by atoms with van der Waals surface area (Å²) in [6, 6.07) is 8.52. The van der Waals surface area contributed by atoms with E-state index in [4.69, 9.17) is 4.74 Å². The molecule has 0 spiro atoms. The van der Waals surface area contributed by atoms with E-state index < -0.39 is 0 Å². The predicted octanol–water partition coefficient (Wildman–Crippen LogP) is 2.98. The molecule has 1 aromatic rings. The zero-order valence-electron chi connectivity index (χ0n) is 16.8. The highest BCUT2D eigenvalue weighted by atomic mass is 127. The SMILES string of the molecule is CCC(=O)N1CCC(NC(=NC)NCCC(C)c2ccc(OC)cc2)C1.I. The Hall–Kier alpha value is -1.51. The number of amides is 1. The molecule has 1 saturated heterocycles. The van der Waals surface area contributed by atoms with E-state index in [9.17, 15) is 4.79 Å². The van der Waals surface area contributed by atoms with Crippen LogP contribution in [0.4, 0.5) is 0 Å². The molecule has 2 rings (SSSR count). The first-order valence-electron chi connectivity index (χ1n) is 9.46. The number of halogens is 1. The van der Waals surface area contributed by atoms with Crippen LogP contribution in [0.5, 0.6) is 5.75 Å². The van der Waals surface area contributed by atoms with E-state index in [1.165, 1.54) is 5.56 Å². The minimum Gasteiger partial charge on any atom is -0.497 e. The number of carbonyl (C=O) groups is 1. The molecule has 1 heterocycles. The largest absolute Gasteiger partial charge is 0.497 e. The van der Waals surface area contributed by atoms with Gasteiger partial charge in [-0.2, -0.15) is 0 Å². The Balaban J connectivity index is 0.00000364. The van der Waals surface area contributed by atoms with Crippen molar-refractivity contribution in [3.05, 3.63) is 29.8 Å². The Bertz CT molecular complexity index is 607. The van der Waals surface area contributed by atoms with Crippen molar-refractivity contribution < 1.29 is 9.53 Å². The maximum absolute atomic E-state index is 11.8. The first-order chi connectivity index (χ1) is 12.6. The Labute approximate surface area is 180 Å². The summed E-state index contributed by atoms with van der Waals surface area (Å²) < 4.78 is 5.21. The first kappa shape index (κ1) is 23.5. The van der Waals surface area contributed by atoms with E-state index in [0.717, 1.165) is 44.2 Å². The smallest absolute Gasteiger partial charge is 0.222 e. The van der Waals surface area contributed by atoms with Crippen LogP contribution in [0, 0.1) is 0 Å². The average Bonchev–Trinajstić information content (AvgIpc) is 3.15. The van der Waals surface area contributed by atoms with E-state index >= 15 is 0 Å². The van der Waals surface area contributed by atoms with Crippen molar-refractivity contribution in [2.75, 3.05) is 33.8 Å². The lowest BCUT2D eigenvalue weighted by molar-refractivity contribution is -0.129. The van der Waals surface area contributed by atoms with E-state index in [2.05, 4.69) is 34.7 Å². The summed E-state index contributed by atoms with van der Waals surface area (Å²) in [4.78, 5) is 18.0. The fraction of sp³-hybridized carbons (Fsp3) is 0.600. The van der Waals surface area contributed by atoms with Gasteiger partial charge in [0.1, 0.15) is 5.75 Å². The lowest BCUT2D eigenvalue weighted by atomic mass is 9.98. The molecule has 27 heavy (non-hydrogen) atoms.